The van der Waals surface area contributed by atoms with Gasteiger partial charge in [-0.25, -0.2) is 0 Å². The van der Waals surface area contributed by atoms with Crippen molar-refractivity contribution >= 4 is 17.4 Å². The van der Waals surface area contributed by atoms with E-state index in [9.17, 15) is 10.1 Å². The molecule has 0 radical (unpaired) electrons. The smallest absolute Gasteiger partial charge is 0.269 e. The molecule has 8 nitrogen and oxygen atoms in total. The number of benzene rings is 3. The summed E-state index contributed by atoms with van der Waals surface area (Å²) >= 11 is 1.47. The first kappa shape index (κ1) is 19.1. The third-order valence-corrected chi connectivity index (χ3v) is 5.77. The number of ether oxygens (including phenoxy) is 2. The Morgan fingerprint density at radius 1 is 0.968 bits per heavy atom. The first-order valence-corrected chi connectivity index (χ1v) is 10.4. The fourth-order valence-corrected chi connectivity index (χ4v) is 4.20. The van der Waals surface area contributed by atoms with Crippen LogP contribution in [0.1, 0.15) is 5.56 Å². The van der Waals surface area contributed by atoms with E-state index in [-0.39, 0.29) is 12.5 Å². The van der Waals surface area contributed by atoms with Gasteiger partial charge in [-0.1, -0.05) is 42.1 Å². The Hall–Kier alpha value is -3.85. The molecule has 0 N–H and O–H groups in total. The van der Waals surface area contributed by atoms with Crippen LogP contribution >= 0.6 is 11.8 Å². The van der Waals surface area contributed by atoms with Gasteiger partial charge in [0.05, 0.1) is 4.92 Å². The van der Waals surface area contributed by atoms with E-state index in [1.165, 1.54) is 17.8 Å². The van der Waals surface area contributed by atoms with Crippen LogP contribution in [0.15, 0.2) is 78.0 Å². The molecule has 0 spiro atoms. The monoisotopic (exact) mass is 432 g/mol. The molecule has 3 aromatic carbocycles. The highest BCUT2D eigenvalue weighted by molar-refractivity contribution is 7.98. The Morgan fingerprint density at radius 3 is 2.65 bits per heavy atom. The fourth-order valence-electron chi connectivity index (χ4n) is 3.30. The first-order chi connectivity index (χ1) is 15.2. The van der Waals surface area contributed by atoms with Gasteiger partial charge in [0.2, 0.25) is 6.79 Å². The topological polar surface area (TPSA) is 92.3 Å². The number of rotatable bonds is 6. The standard InChI is InChI=1S/C22H16N4O4S/c27-26(28)18-8-4-5-15(11-18)13-31-22-24-23-21(25(22)17-6-2-1-3-7-17)16-9-10-19-20(12-16)30-14-29-19/h1-12H,13-14H2. The van der Waals surface area contributed by atoms with Crippen molar-refractivity contribution in [2.75, 3.05) is 6.79 Å². The van der Waals surface area contributed by atoms with Gasteiger partial charge in [-0.3, -0.25) is 14.7 Å². The lowest BCUT2D eigenvalue weighted by Crippen LogP contribution is -1.99. The van der Waals surface area contributed by atoms with Gasteiger partial charge in [0, 0.05) is 29.1 Å². The van der Waals surface area contributed by atoms with Crippen molar-refractivity contribution in [2.24, 2.45) is 0 Å². The molecule has 31 heavy (non-hydrogen) atoms. The molecule has 5 rings (SSSR count). The van der Waals surface area contributed by atoms with E-state index in [4.69, 9.17) is 9.47 Å². The van der Waals surface area contributed by atoms with Gasteiger partial charge in [0.1, 0.15) is 0 Å². The summed E-state index contributed by atoms with van der Waals surface area (Å²) in [7, 11) is 0. The van der Waals surface area contributed by atoms with Crippen LogP contribution < -0.4 is 9.47 Å². The summed E-state index contributed by atoms with van der Waals surface area (Å²) in [5, 5.41) is 20.6. The molecule has 0 fully saturated rings. The molecular formula is C22H16N4O4S. The molecule has 0 saturated heterocycles. The van der Waals surface area contributed by atoms with Crippen LogP contribution in [-0.2, 0) is 5.75 Å². The molecule has 0 atom stereocenters. The minimum absolute atomic E-state index is 0.0728. The summed E-state index contributed by atoms with van der Waals surface area (Å²) in [5.41, 5.74) is 2.68. The number of nitrogens with zero attached hydrogens (tertiary/aromatic N) is 4. The Kier molecular flexibility index (Phi) is 5.01. The van der Waals surface area contributed by atoms with E-state index in [0.29, 0.717) is 28.2 Å². The van der Waals surface area contributed by atoms with Crippen molar-refractivity contribution in [2.45, 2.75) is 10.9 Å². The maximum absolute atomic E-state index is 11.1. The summed E-state index contributed by atoms with van der Waals surface area (Å²) in [4.78, 5) is 10.7. The first-order valence-electron chi connectivity index (χ1n) is 9.46. The lowest BCUT2D eigenvalue weighted by atomic mass is 10.2. The van der Waals surface area contributed by atoms with E-state index < -0.39 is 4.92 Å². The molecule has 1 aromatic heterocycles. The number of thioether (sulfide) groups is 1. The van der Waals surface area contributed by atoms with Crippen molar-refractivity contribution < 1.29 is 14.4 Å². The Bertz CT molecular complexity index is 1260. The van der Waals surface area contributed by atoms with Crippen LogP contribution in [0, 0.1) is 10.1 Å². The van der Waals surface area contributed by atoms with Crippen molar-refractivity contribution in [1.82, 2.24) is 14.8 Å². The predicted octanol–water partition coefficient (Wildman–Crippen LogP) is 4.86. The normalized spacial score (nSPS) is 12.1. The van der Waals surface area contributed by atoms with Gasteiger partial charge in [-0.15, -0.1) is 10.2 Å². The van der Waals surface area contributed by atoms with Crippen molar-refractivity contribution in [3.63, 3.8) is 0 Å². The second-order valence-electron chi connectivity index (χ2n) is 6.76. The Morgan fingerprint density at radius 2 is 1.81 bits per heavy atom. The average molecular weight is 432 g/mol. The third kappa shape index (κ3) is 3.82. The largest absolute Gasteiger partial charge is 0.454 e. The molecule has 1 aliphatic rings. The summed E-state index contributed by atoms with van der Waals surface area (Å²) < 4.78 is 12.9. The zero-order valence-electron chi connectivity index (χ0n) is 16.2. The molecule has 2 heterocycles. The van der Waals surface area contributed by atoms with Crippen molar-refractivity contribution in [1.29, 1.82) is 0 Å². The zero-order chi connectivity index (χ0) is 21.2. The zero-order valence-corrected chi connectivity index (χ0v) is 17.0. The molecule has 0 amide bonds. The number of nitro groups is 1. The molecule has 154 valence electrons. The molecule has 0 unspecified atom stereocenters. The highest BCUT2D eigenvalue weighted by atomic mass is 32.2. The fraction of sp³-hybridized carbons (Fsp3) is 0.0909. The van der Waals surface area contributed by atoms with Gasteiger partial charge in [0.15, 0.2) is 22.5 Å². The minimum atomic E-state index is -0.390. The molecule has 0 bridgehead atoms. The summed E-state index contributed by atoms with van der Waals surface area (Å²) in [6, 6.07) is 22.1. The molecule has 1 aliphatic heterocycles. The summed E-state index contributed by atoms with van der Waals surface area (Å²) in [5.74, 6) is 2.57. The van der Waals surface area contributed by atoms with Crippen molar-refractivity contribution in [3.8, 4) is 28.6 Å². The number of hydrogen-bond donors (Lipinski definition) is 0. The summed E-state index contributed by atoms with van der Waals surface area (Å²) in [6.45, 7) is 0.203. The van der Waals surface area contributed by atoms with Crippen molar-refractivity contribution in [3.05, 3.63) is 88.5 Å². The van der Waals surface area contributed by atoms with Crippen LogP contribution in [0.4, 0.5) is 5.69 Å². The number of hydrogen-bond acceptors (Lipinski definition) is 7. The number of fused-ring (bicyclic) bond motifs is 1. The SMILES string of the molecule is O=[N+]([O-])c1cccc(CSc2nnc(-c3ccc4c(c3)OCO4)n2-c2ccccc2)c1. The maximum atomic E-state index is 11.1. The lowest BCUT2D eigenvalue weighted by molar-refractivity contribution is -0.384. The van der Waals surface area contributed by atoms with Gasteiger partial charge in [-0.05, 0) is 35.9 Å². The predicted molar refractivity (Wildman–Crippen MR) is 116 cm³/mol. The number of aromatic nitrogens is 3. The van der Waals surface area contributed by atoms with E-state index >= 15 is 0 Å². The number of nitro benzene ring substituents is 1. The van der Waals surface area contributed by atoms with E-state index in [2.05, 4.69) is 10.2 Å². The molecule has 0 aliphatic carbocycles. The van der Waals surface area contributed by atoms with Crippen LogP contribution in [0.2, 0.25) is 0 Å². The molecular weight excluding hydrogens is 416 g/mol. The number of para-hydroxylation sites is 1. The quantitative estimate of drug-likeness (QED) is 0.244. The van der Waals surface area contributed by atoms with Crippen LogP contribution in [0.3, 0.4) is 0 Å². The van der Waals surface area contributed by atoms with Gasteiger partial charge < -0.3 is 9.47 Å². The number of non-ortho nitro benzene ring substituents is 1. The van der Waals surface area contributed by atoms with Gasteiger partial charge in [0.25, 0.3) is 5.69 Å². The molecule has 9 heteroatoms. The van der Waals surface area contributed by atoms with E-state index in [1.54, 1.807) is 12.1 Å². The average Bonchev–Trinajstić information content (AvgIpc) is 3.45. The highest BCUT2D eigenvalue weighted by Crippen LogP contribution is 2.37. The van der Waals surface area contributed by atoms with Crippen LogP contribution in [0.25, 0.3) is 17.1 Å². The van der Waals surface area contributed by atoms with E-state index in [1.807, 2.05) is 59.2 Å². The maximum Gasteiger partial charge on any atom is 0.269 e. The van der Waals surface area contributed by atoms with Gasteiger partial charge >= 0.3 is 0 Å². The second-order valence-corrected chi connectivity index (χ2v) is 7.70. The molecule has 0 saturated carbocycles. The van der Waals surface area contributed by atoms with Gasteiger partial charge in [-0.2, -0.15) is 0 Å². The second kappa shape index (κ2) is 8.11. The van der Waals surface area contributed by atoms with E-state index in [0.717, 1.165) is 16.8 Å². The highest BCUT2D eigenvalue weighted by Gasteiger charge is 2.20. The lowest BCUT2D eigenvalue weighted by Gasteiger charge is -2.11. The Balaban J connectivity index is 1.51. The Labute approximate surface area is 181 Å². The minimum Gasteiger partial charge on any atom is -0.454 e. The third-order valence-electron chi connectivity index (χ3n) is 4.77. The summed E-state index contributed by atoms with van der Waals surface area (Å²) in [6.07, 6.45) is 0. The van der Waals surface area contributed by atoms with Crippen LogP contribution in [0.5, 0.6) is 11.5 Å². The van der Waals surface area contributed by atoms with Crippen LogP contribution in [-0.4, -0.2) is 26.5 Å². The molecule has 4 aromatic rings.